The lowest BCUT2D eigenvalue weighted by Crippen LogP contribution is -2.43. The van der Waals surface area contributed by atoms with Gasteiger partial charge in [-0.2, -0.15) is 5.26 Å². The SMILES string of the molecule is Cc1ccc(C)c2sc(N(CCN3CCOCC3)C(=O)c3ccc(C#N)cc3)nc12. The Hall–Kier alpha value is -2.79. The van der Waals surface area contributed by atoms with Crippen LogP contribution in [0.3, 0.4) is 0 Å². The van der Waals surface area contributed by atoms with Crippen LogP contribution in [0.25, 0.3) is 10.2 Å². The molecule has 0 atom stereocenters. The average molecular weight is 421 g/mol. The molecule has 1 amide bonds. The number of nitriles is 1. The molecule has 3 aromatic rings. The number of anilines is 1. The Kier molecular flexibility index (Phi) is 6.09. The molecule has 154 valence electrons. The number of carbonyl (C=O) groups is 1. The van der Waals surface area contributed by atoms with Gasteiger partial charge in [0.25, 0.3) is 5.91 Å². The Morgan fingerprint density at radius 3 is 2.53 bits per heavy atom. The first-order chi connectivity index (χ1) is 14.6. The molecular formula is C23H24N4O2S. The molecule has 2 aromatic carbocycles. The number of fused-ring (bicyclic) bond motifs is 1. The molecule has 1 aliphatic heterocycles. The molecule has 1 aromatic heterocycles. The number of hydrogen-bond donors (Lipinski definition) is 0. The molecule has 4 rings (SSSR count). The van der Waals surface area contributed by atoms with Crippen molar-refractivity contribution < 1.29 is 9.53 Å². The fraction of sp³-hybridized carbons (Fsp3) is 0.348. The summed E-state index contributed by atoms with van der Waals surface area (Å²) in [7, 11) is 0. The zero-order chi connectivity index (χ0) is 21.1. The first-order valence-corrected chi connectivity index (χ1v) is 10.9. The van der Waals surface area contributed by atoms with E-state index in [1.165, 1.54) is 5.56 Å². The molecule has 0 aliphatic carbocycles. The Balaban J connectivity index is 1.67. The molecule has 6 nitrogen and oxygen atoms in total. The minimum Gasteiger partial charge on any atom is -0.379 e. The first kappa shape index (κ1) is 20.5. The predicted octanol–water partition coefficient (Wildman–Crippen LogP) is 3.76. The van der Waals surface area contributed by atoms with E-state index in [4.69, 9.17) is 15.0 Å². The van der Waals surface area contributed by atoms with E-state index in [0.717, 1.165) is 48.6 Å². The third kappa shape index (κ3) is 4.21. The fourth-order valence-corrected chi connectivity index (χ4v) is 4.69. The molecule has 0 radical (unpaired) electrons. The van der Waals surface area contributed by atoms with E-state index in [-0.39, 0.29) is 5.91 Å². The summed E-state index contributed by atoms with van der Waals surface area (Å²) in [6, 6.07) is 13.1. The number of rotatable bonds is 5. The number of ether oxygens (including phenoxy) is 1. The highest BCUT2D eigenvalue weighted by atomic mass is 32.1. The smallest absolute Gasteiger partial charge is 0.260 e. The van der Waals surface area contributed by atoms with Crippen LogP contribution in [0.15, 0.2) is 36.4 Å². The molecular weight excluding hydrogens is 396 g/mol. The van der Waals surface area contributed by atoms with Crippen molar-refractivity contribution in [1.29, 1.82) is 5.26 Å². The van der Waals surface area contributed by atoms with Gasteiger partial charge in [-0.15, -0.1) is 0 Å². The Bertz CT molecular complexity index is 1060. The van der Waals surface area contributed by atoms with Crippen molar-refractivity contribution in [3.05, 3.63) is 58.7 Å². The van der Waals surface area contributed by atoms with Gasteiger partial charge in [-0.25, -0.2) is 4.98 Å². The summed E-state index contributed by atoms with van der Waals surface area (Å²) in [5, 5.41) is 9.76. The summed E-state index contributed by atoms with van der Waals surface area (Å²) in [5.41, 5.74) is 4.33. The summed E-state index contributed by atoms with van der Waals surface area (Å²) in [5.74, 6) is -0.0953. The maximum Gasteiger partial charge on any atom is 0.260 e. The van der Waals surface area contributed by atoms with Gasteiger partial charge in [0, 0.05) is 31.7 Å². The van der Waals surface area contributed by atoms with E-state index >= 15 is 0 Å². The molecule has 1 fully saturated rings. The van der Waals surface area contributed by atoms with Gasteiger partial charge in [-0.3, -0.25) is 14.6 Å². The summed E-state index contributed by atoms with van der Waals surface area (Å²) < 4.78 is 6.56. The number of hydrogen-bond acceptors (Lipinski definition) is 6. The van der Waals surface area contributed by atoms with E-state index in [9.17, 15) is 4.79 Å². The highest BCUT2D eigenvalue weighted by Gasteiger charge is 2.23. The number of aryl methyl sites for hydroxylation is 2. The number of amides is 1. The molecule has 0 N–H and O–H groups in total. The lowest BCUT2D eigenvalue weighted by atomic mass is 10.1. The van der Waals surface area contributed by atoms with Gasteiger partial charge in [-0.05, 0) is 49.2 Å². The lowest BCUT2D eigenvalue weighted by molar-refractivity contribution is 0.0391. The molecule has 1 aliphatic rings. The molecule has 0 saturated carbocycles. The maximum absolute atomic E-state index is 13.4. The lowest BCUT2D eigenvalue weighted by Gasteiger charge is -2.29. The maximum atomic E-state index is 13.4. The Labute approximate surface area is 180 Å². The number of thiazole rings is 1. The van der Waals surface area contributed by atoms with Crippen molar-refractivity contribution in [1.82, 2.24) is 9.88 Å². The zero-order valence-corrected chi connectivity index (χ0v) is 18.0. The first-order valence-electron chi connectivity index (χ1n) is 10.1. The van der Waals surface area contributed by atoms with Crippen LogP contribution in [0.4, 0.5) is 5.13 Å². The largest absolute Gasteiger partial charge is 0.379 e. The number of carbonyl (C=O) groups excluding carboxylic acids is 1. The van der Waals surface area contributed by atoms with Gasteiger partial charge < -0.3 is 4.74 Å². The zero-order valence-electron chi connectivity index (χ0n) is 17.2. The molecule has 30 heavy (non-hydrogen) atoms. The number of morpholine rings is 1. The molecule has 7 heteroatoms. The van der Waals surface area contributed by atoms with Gasteiger partial charge in [-0.1, -0.05) is 23.5 Å². The van der Waals surface area contributed by atoms with Crippen molar-refractivity contribution in [2.75, 3.05) is 44.3 Å². The van der Waals surface area contributed by atoms with Crippen LogP contribution in [0.5, 0.6) is 0 Å². The van der Waals surface area contributed by atoms with E-state index in [0.29, 0.717) is 22.8 Å². The minimum atomic E-state index is -0.0953. The Morgan fingerprint density at radius 2 is 1.87 bits per heavy atom. The van der Waals surface area contributed by atoms with Crippen molar-refractivity contribution in [3.63, 3.8) is 0 Å². The third-order valence-corrected chi connectivity index (χ3v) is 6.63. The fourth-order valence-electron chi connectivity index (χ4n) is 3.56. The molecule has 0 bridgehead atoms. The van der Waals surface area contributed by atoms with Crippen LogP contribution in [-0.2, 0) is 4.74 Å². The standard InChI is InChI=1S/C23H24N4O2S/c1-16-3-4-17(2)21-20(16)25-23(30-21)27(10-9-26-11-13-29-14-12-26)22(28)19-7-5-18(15-24)6-8-19/h3-8H,9-14H2,1-2H3. The Morgan fingerprint density at radius 1 is 1.17 bits per heavy atom. The van der Waals surface area contributed by atoms with E-state index < -0.39 is 0 Å². The van der Waals surface area contributed by atoms with Gasteiger partial charge in [0.15, 0.2) is 5.13 Å². The topological polar surface area (TPSA) is 69.5 Å². The molecule has 0 unspecified atom stereocenters. The minimum absolute atomic E-state index is 0.0953. The average Bonchev–Trinajstić information content (AvgIpc) is 3.24. The third-order valence-electron chi connectivity index (χ3n) is 5.41. The second-order valence-electron chi connectivity index (χ2n) is 7.47. The summed E-state index contributed by atoms with van der Waals surface area (Å²) >= 11 is 1.56. The van der Waals surface area contributed by atoms with E-state index in [1.807, 2.05) is 6.92 Å². The predicted molar refractivity (Wildman–Crippen MR) is 119 cm³/mol. The normalized spacial score (nSPS) is 14.6. The van der Waals surface area contributed by atoms with Gasteiger partial charge in [0.1, 0.15) is 0 Å². The second kappa shape index (κ2) is 8.92. The van der Waals surface area contributed by atoms with Crippen molar-refractivity contribution in [2.45, 2.75) is 13.8 Å². The second-order valence-corrected chi connectivity index (χ2v) is 8.45. The van der Waals surface area contributed by atoms with E-state index in [1.54, 1.807) is 40.5 Å². The summed E-state index contributed by atoms with van der Waals surface area (Å²) in [6.45, 7) is 8.63. The van der Waals surface area contributed by atoms with Crippen molar-refractivity contribution in [2.24, 2.45) is 0 Å². The van der Waals surface area contributed by atoms with Crippen LogP contribution in [-0.4, -0.2) is 55.2 Å². The highest BCUT2D eigenvalue weighted by Crippen LogP contribution is 2.33. The van der Waals surface area contributed by atoms with Crippen molar-refractivity contribution >= 4 is 32.6 Å². The summed E-state index contributed by atoms with van der Waals surface area (Å²) in [6.07, 6.45) is 0. The van der Waals surface area contributed by atoms with Crippen LogP contribution >= 0.6 is 11.3 Å². The van der Waals surface area contributed by atoms with Crippen LogP contribution in [0, 0.1) is 25.2 Å². The molecule has 1 saturated heterocycles. The number of nitrogens with zero attached hydrogens (tertiary/aromatic N) is 4. The van der Waals surface area contributed by atoms with Crippen molar-refractivity contribution in [3.8, 4) is 6.07 Å². The quantitative estimate of drug-likeness (QED) is 0.629. The van der Waals surface area contributed by atoms with E-state index in [2.05, 4.69) is 30.0 Å². The highest BCUT2D eigenvalue weighted by molar-refractivity contribution is 7.22. The van der Waals surface area contributed by atoms with Gasteiger partial charge in [0.05, 0.1) is 35.1 Å². The van der Waals surface area contributed by atoms with Crippen LogP contribution < -0.4 is 4.90 Å². The van der Waals surface area contributed by atoms with Crippen LogP contribution in [0.1, 0.15) is 27.0 Å². The van der Waals surface area contributed by atoms with Gasteiger partial charge in [0.2, 0.25) is 0 Å². The number of aromatic nitrogens is 1. The van der Waals surface area contributed by atoms with Crippen LogP contribution in [0.2, 0.25) is 0 Å². The monoisotopic (exact) mass is 420 g/mol. The molecule has 0 spiro atoms. The number of benzene rings is 2. The molecule has 2 heterocycles. The van der Waals surface area contributed by atoms with Gasteiger partial charge >= 0.3 is 0 Å². The summed E-state index contributed by atoms with van der Waals surface area (Å²) in [4.78, 5) is 22.4.